The van der Waals surface area contributed by atoms with Gasteiger partial charge in [0.2, 0.25) is 3.79 Å². The maximum atomic E-state index is 9.45. The van der Waals surface area contributed by atoms with Crippen LogP contribution in [0.1, 0.15) is 51.4 Å². The first kappa shape index (κ1) is 16.6. The fourth-order valence-electron chi connectivity index (χ4n) is 1.50. The third-order valence-corrected chi connectivity index (χ3v) is 3.27. The lowest BCUT2D eigenvalue weighted by Crippen LogP contribution is -2.24. The summed E-state index contributed by atoms with van der Waals surface area (Å²) < 4.78 is -1.54. The van der Waals surface area contributed by atoms with Crippen molar-refractivity contribution in [2.75, 3.05) is 0 Å². The molecule has 1 nitrogen and oxygen atoms in total. The van der Waals surface area contributed by atoms with Gasteiger partial charge in [-0.2, -0.15) is 0 Å². The van der Waals surface area contributed by atoms with Crippen LogP contribution in [-0.4, -0.2) is 15.0 Å². The molecule has 1 atom stereocenters. The molecule has 0 aliphatic rings. The summed E-state index contributed by atoms with van der Waals surface area (Å²) in [5.74, 6) is 0. The summed E-state index contributed by atoms with van der Waals surface area (Å²) in [7, 11) is 0. The van der Waals surface area contributed by atoms with E-state index in [1.165, 1.54) is 25.7 Å². The summed E-state index contributed by atoms with van der Waals surface area (Å²) in [4.78, 5) is 0. The monoisotopic (exact) mass is 286 g/mol. The Morgan fingerprint density at radius 2 is 1.50 bits per heavy atom. The Hall–Kier alpha value is 0.570. The Morgan fingerprint density at radius 3 is 2.00 bits per heavy atom. The van der Waals surface area contributed by atoms with Gasteiger partial charge in [0.1, 0.15) is 6.10 Å². The van der Waals surface area contributed by atoms with E-state index in [0.29, 0.717) is 6.42 Å². The Kier molecular flexibility index (Phi) is 9.93. The lowest BCUT2D eigenvalue weighted by molar-refractivity contribution is 0.164. The maximum Gasteiger partial charge on any atom is 0.216 e. The number of halogens is 3. The highest BCUT2D eigenvalue weighted by Gasteiger charge is 2.29. The van der Waals surface area contributed by atoms with Gasteiger partial charge in [-0.3, -0.25) is 0 Å². The van der Waals surface area contributed by atoms with Crippen molar-refractivity contribution in [3.05, 3.63) is 12.7 Å². The van der Waals surface area contributed by atoms with Crippen LogP contribution >= 0.6 is 34.8 Å². The zero-order valence-electron chi connectivity index (χ0n) is 9.60. The predicted octanol–water partition coefficient (Wildman–Crippen LogP) is 5.02. The fourth-order valence-corrected chi connectivity index (χ4v) is 1.82. The summed E-state index contributed by atoms with van der Waals surface area (Å²) in [6.45, 7) is 3.69. The molecule has 0 aliphatic carbocycles. The highest BCUT2D eigenvalue weighted by molar-refractivity contribution is 6.68. The van der Waals surface area contributed by atoms with Gasteiger partial charge in [-0.05, 0) is 19.3 Å². The Labute approximate surface area is 114 Å². The largest absolute Gasteiger partial charge is 0.389 e. The van der Waals surface area contributed by atoms with Gasteiger partial charge in [-0.15, -0.1) is 6.58 Å². The number of hydrogen-bond acceptors (Lipinski definition) is 1. The molecule has 4 heteroatoms. The molecule has 0 aromatic carbocycles. The highest BCUT2D eigenvalue weighted by Crippen LogP contribution is 2.32. The molecular weight excluding hydrogens is 266 g/mol. The van der Waals surface area contributed by atoms with Crippen molar-refractivity contribution < 1.29 is 5.11 Å². The lowest BCUT2D eigenvalue weighted by atomic mass is 10.1. The van der Waals surface area contributed by atoms with Crippen LogP contribution in [0.25, 0.3) is 0 Å². The van der Waals surface area contributed by atoms with Crippen molar-refractivity contribution >= 4 is 34.8 Å². The summed E-state index contributed by atoms with van der Waals surface area (Å²) >= 11 is 16.7. The van der Waals surface area contributed by atoms with Crippen molar-refractivity contribution in [2.45, 2.75) is 61.3 Å². The molecule has 0 aromatic heterocycles. The first-order chi connectivity index (χ1) is 7.48. The van der Waals surface area contributed by atoms with E-state index in [0.717, 1.165) is 19.3 Å². The number of aliphatic hydroxyl groups is 1. The molecule has 0 spiro atoms. The summed E-state index contributed by atoms with van der Waals surface area (Å²) in [5, 5.41) is 9.45. The number of alkyl halides is 3. The molecule has 0 unspecified atom stereocenters. The second kappa shape index (κ2) is 9.58. The third-order valence-electron chi connectivity index (χ3n) is 2.51. The molecule has 0 bridgehead atoms. The SMILES string of the molecule is C=CCCCCCCCC[C@@H](O)C(Cl)(Cl)Cl. The molecule has 0 rings (SSSR count). The van der Waals surface area contributed by atoms with E-state index in [-0.39, 0.29) is 0 Å². The summed E-state index contributed by atoms with van der Waals surface area (Å²) in [6, 6.07) is 0. The number of unbranched alkanes of at least 4 members (excludes halogenated alkanes) is 6. The summed E-state index contributed by atoms with van der Waals surface area (Å²) in [6.07, 6.45) is 9.66. The van der Waals surface area contributed by atoms with Crippen LogP contribution in [0.5, 0.6) is 0 Å². The van der Waals surface area contributed by atoms with Crippen LogP contribution in [-0.2, 0) is 0 Å². The van der Waals surface area contributed by atoms with Gasteiger partial charge in [-0.25, -0.2) is 0 Å². The first-order valence-corrected chi connectivity index (χ1v) is 6.97. The third kappa shape index (κ3) is 9.77. The van der Waals surface area contributed by atoms with Crippen molar-refractivity contribution in [1.29, 1.82) is 0 Å². The zero-order chi connectivity index (χ0) is 12.4. The molecular formula is C12H21Cl3O. The molecule has 0 saturated carbocycles. The minimum atomic E-state index is -1.54. The molecule has 0 amide bonds. The fraction of sp³-hybridized carbons (Fsp3) is 0.833. The second-order valence-electron chi connectivity index (χ2n) is 4.04. The van der Waals surface area contributed by atoms with Gasteiger partial charge < -0.3 is 5.11 Å². The molecule has 16 heavy (non-hydrogen) atoms. The van der Waals surface area contributed by atoms with Gasteiger partial charge in [0.25, 0.3) is 0 Å². The first-order valence-electron chi connectivity index (χ1n) is 5.84. The van der Waals surface area contributed by atoms with Crippen LogP contribution in [0.15, 0.2) is 12.7 Å². The lowest BCUT2D eigenvalue weighted by Gasteiger charge is -2.18. The van der Waals surface area contributed by atoms with Gasteiger partial charge >= 0.3 is 0 Å². The Balaban J connectivity index is 3.24. The number of allylic oxidation sites excluding steroid dienone is 1. The van der Waals surface area contributed by atoms with E-state index in [2.05, 4.69) is 6.58 Å². The minimum absolute atomic E-state index is 0.559. The van der Waals surface area contributed by atoms with Crippen molar-refractivity contribution in [1.82, 2.24) is 0 Å². The Morgan fingerprint density at radius 1 is 1.00 bits per heavy atom. The standard InChI is InChI=1S/C12H21Cl3O/c1-2-3-4-5-6-7-8-9-10-11(16)12(13,14)15/h2,11,16H,1,3-10H2/t11-/m1/s1. The van der Waals surface area contributed by atoms with Gasteiger partial charge in [0, 0.05) is 0 Å². The molecule has 0 heterocycles. The molecule has 0 fully saturated rings. The number of hydrogen-bond donors (Lipinski definition) is 1. The minimum Gasteiger partial charge on any atom is -0.389 e. The van der Waals surface area contributed by atoms with Crippen LogP contribution in [0.3, 0.4) is 0 Å². The van der Waals surface area contributed by atoms with Crippen LogP contribution in [0, 0.1) is 0 Å². The smallest absolute Gasteiger partial charge is 0.216 e. The van der Waals surface area contributed by atoms with Gasteiger partial charge in [-0.1, -0.05) is 73.0 Å². The molecule has 0 aliphatic heterocycles. The van der Waals surface area contributed by atoms with E-state index in [1.807, 2.05) is 6.08 Å². The van der Waals surface area contributed by atoms with E-state index in [4.69, 9.17) is 34.8 Å². The molecule has 0 aromatic rings. The van der Waals surface area contributed by atoms with Gasteiger partial charge in [0.05, 0.1) is 0 Å². The number of rotatable bonds is 9. The molecule has 0 saturated heterocycles. The van der Waals surface area contributed by atoms with Crippen molar-refractivity contribution in [3.63, 3.8) is 0 Å². The van der Waals surface area contributed by atoms with Gasteiger partial charge in [0.15, 0.2) is 0 Å². The number of aliphatic hydroxyl groups excluding tert-OH is 1. The van der Waals surface area contributed by atoms with E-state index in [9.17, 15) is 5.11 Å². The second-order valence-corrected chi connectivity index (χ2v) is 6.41. The van der Waals surface area contributed by atoms with Crippen LogP contribution < -0.4 is 0 Å². The topological polar surface area (TPSA) is 20.2 Å². The Bertz CT molecular complexity index is 178. The summed E-state index contributed by atoms with van der Waals surface area (Å²) in [5.41, 5.74) is 0. The average Bonchev–Trinajstić information content (AvgIpc) is 2.20. The molecule has 1 N–H and O–H groups in total. The van der Waals surface area contributed by atoms with E-state index < -0.39 is 9.90 Å². The highest BCUT2D eigenvalue weighted by atomic mass is 35.6. The van der Waals surface area contributed by atoms with Crippen LogP contribution in [0.4, 0.5) is 0 Å². The van der Waals surface area contributed by atoms with E-state index in [1.54, 1.807) is 0 Å². The maximum absolute atomic E-state index is 9.45. The van der Waals surface area contributed by atoms with E-state index >= 15 is 0 Å². The van der Waals surface area contributed by atoms with Crippen LogP contribution in [0.2, 0.25) is 0 Å². The quantitative estimate of drug-likeness (QED) is 0.358. The molecule has 96 valence electrons. The zero-order valence-corrected chi connectivity index (χ0v) is 11.9. The van der Waals surface area contributed by atoms with Crippen molar-refractivity contribution in [3.8, 4) is 0 Å². The normalized spacial score (nSPS) is 13.8. The molecule has 0 radical (unpaired) electrons. The average molecular weight is 288 g/mol. The predicted molar refractivity (Wildman–Crippen MR) is 73.4 cm³/mol. The van der Waals surface area contributed by atoms with Crippen molar-refractivity contribution in [2.24, 2.45) is 0 Å².